The van der Waals surface area contributed by atoms with Gasteiger partial charge in [0, 0.05) is 0 Å². The minimum Gasteiger partial charge on any atom is -0.449 e. The van der Waals surface area contributed by atoms with Gasteiger partial charge in [0.2, 0.25) is 0 Å². The summed E-state index contributed by atoms with van der Waals surface area (Å²) in [5.74, 6) is -1.30. The Balaban J connectivity index is 2.09. The molecule has 0 nitrogen and oxygen atoms in total. The van der Waals surface area contributed by atoms with E-state index in [1.807, 2.05) is 6.07 Å². The fraction of sp³-hybridized carbons (Fsp3) is 0.333. The molecule has 0 bridgehead atoms. The van der Waals surface area contributed by atoms with Crippen LogP contribution in [0.15, 0.2) is 30.3 Å². The number of hydrogen-bond donors (Lipinski definition) is 0. The van der Waals surface area contributed by atoms with Crippen LogP contribution in [0.1, 0.15) is 17.9 Å². The number of rotatable bonds is 2. The lowest BCUT2D eigenvalue weighted by molar-refractivity contribution is 0.463. The standard InChI is InChI=1S/C9H9BF3/c11-10(12,13)9-6-8(9)7-4-2-1-3-5-7/h1-5,8-9H,6H2/q-1. The summed E-state index contributed by atoms with van der Waals surface area (Å²) in [6, 6.07) is 8.93. The van der Waals surface area contributed by atoms with Crippen molar-refractivity contribution in [1.29, 1.82) is 0 Å². The first kappa shape index (κ1) is 8.66. The molecule has 1 fully saturated rings. The van der Waals surface area contributed by atoms with Gasteiger partial charge in [0.05, 0.1) is 0 Å². The van der Waals surface area contributed by atoms with Gasteiger partial charge in [-0.3, -0.25) is 0 Å². The quantitative estimate of drug-likeness (QED) is 0.619. The summed E-state index contributed by atoms with van der Waals surface area (Å²) in [6.45, 7) is -4.62. The predicted octanol–water partition coefficient (Wildman–Crippen LogP) is 3.39. The molecule has 2 rings (SSSR count). The largest absolute Gasteiger partial charge is 0.481 e. The van der Waals surface area contributed by atoms with Gasteiger partial charge in [-0.15, -0.1) is 0 Å². The molecule has 2 atom stereocenters. The Morgan fingerprint density at radius 3 is 2.15 bits per heavy atom. The van der Waals surface area contributed by atoms with E-state index in [1.54, 1.807) is 24.3 Å². The van der Waals surface area contributed by atoms with Crippen molar-refractivity contribution in [3.63, 3.8) is 0 Å². The maximum Gasteiger partial charge on any atom is 0.481 e. The van der Waals surface area contributed by atoms with Crippen LogP contribution in [0.25, 0.3) is 0 Å². The lowest BCUT2D eigenvalue weighted by Gasteiger charge is -2.12. The van der Waals surface area contributed by atoms with Gasteiger partial charge in [-0.1, -0.05) is 42.6 Å². The highest BCUT2D eigenvalue weighted by molar-refractivity contribution is 6.61. The average Bonchev–Trinajstić information content (AvgIpc) is 2.83. The highest BCUT2D eigenvalue weighted by Gasteiger charge is 2.50. The molecule has 0 N–H and O–H groups in total. The lowest BCUT2D eigenvalue weighted by Crippen LogP contribution is -2.15. The number of hydrogen-bond acceptors (Lipinski definition) is 0. The highest BCUT2D eigenvalue weighted by atomic mass is 19.4. The van der Waals surface area contributed by atoms with E-state index in [2.05, 4.69) is 0 Å². The van der Waals surface area contributed by atoms with Crippen LogP contribution in [-0.2, 0) is 0 Å². The molecule has 4 heteroatoms. The van der Waals surface area contributed by atoms with Gasteiger partial charge in [-0.25, -0.2) is 0 Å². The Bertz CT molecular complexity index is 293. The van der Waals surface area contributed by atoms with E-state index in [-0.39, 0.29) is 12.3 Å². The molecule has 0 saturated heterocycles. The zero-order valence-electron chi connectivity index (χ0n) is 6.96. The second-order valence-corrected chi connectivity index (χ2v) is 3.54. The smallest absolute Gasteiger partial charge is 0.449 e. The van der Waals surface area contributed by atoms with Gasteiger partial charge in [0.15, 0.2) is 0 Å². The van der Waals surface area contributed by atoms with Crippen molar-refractivity contribution in [2.24, 2.45) is 0 Å². The van der Waals surface area contributed by atoms with Crippen LogP contribution in [0, 0.1) is 0 Å². The van der Waals surface area contributed by atoms with E-state index in [1.165, 1.54) is 0 Å². The van der Waals surface area contributed by atoms with E-state index in [0.717, 1.165) is 5.56 Å². The highest BCUT2D eigenvalue weighted by Crippen LogP contribution is 2.59. The van der Waals surface area contributed by atoms with Gasteiger partial charge < -0.3 is 12.9 Å². The van der Waals surface area contributed by atoms with Crippen molar-refractivity contribution in [2.45, 2.75) is 18.2 Å². The van der Waals surface area contributed by atoms with E-state index in [0.29, 0.717) is 0 Å². The summed E-state index contributed by atoms with van der Waals surface area (Å²) in [5.41, 5.74) is 0.826. The molecule has 0 heterocycles. The van der Waals surface area contributed by atoms with Crippen molar-refractivity contribution in [1.82, 2.24) is 0 Å². The van der Waals surface area contributed by atoms with Gasteiger partial charge >= 0.3 is 6.98 Å². The van der Waals surface area contributed by atoms with Crippen LogP contribution in [-0.4, -0.2) is 6.98 Å². The molecule has 1 aliphatic carbocycles. The molecule has 13 heavy (non-hydrogen) atoms. The van der Waals surface area contributed by atoms with Crippen LogP contribution in [0.2, 0.25) is 5.82 Å². The monoisotopic (exact) mass is 185 g/mol. The second-order valence-electron chi connectivity index (χ2n) is 3.54. The molecular weight excluding hydrogens is 176 g/mol. The van der Waals surface area contributed by atoms with Gasteiger partial charge in [-0.2, -0.15) is 0 Å². The van der Waals surface area contributed by atoms with Crippen molar-refractivity contribution in [3.05, 3.63) is 35.9 Å². The van der Waals surface area contributed by atoms with Gasteiger partial charge in [-0.05, 0) is 11.5 Å². The summed E-state index contributed by atoms with van der Waals surface area (Å²) >= 11 is 0. The van der Waals surface area contributed by atoms with E-state index >= 15 is 0 Å². The third kappa shape index (κ3) is 1.71. The van der Waals surface area contributed by atoms with Crippen molar-refractivity contribution in [2.75, 3.05) is 0 Å². The minimum atomic E-state index is -4.62. The summed E-state index contributed by atoms with van der Waals surface area (Å²) in [7, 11) is 0. The van der Waals surface area contributed by atoms with Crippen LogP contribution < -0.4 is 0 Å². The maximum atomic E-state index is 12.2. The molecule has 1 aliphatic rings. The summed E-state index contributed by atoms with van der Waals surface area (Å²) in [6.07, 6.45) is 0.285. The van der Waals surface area contributed by atoms with Crippen LogP contribution in [0.3, 0.4) is 0 Å². The summed E-state index contributed by atoms with van der Waals surface area (Å²) < 4.78 is 36.7. The van der Waals surface area contributed by atoms with Crippen molar-refractivity contribution < 1.29 is 12.9 Å². The Hall–Kier alpha value is -0.925. The van der Waals surface area contributed by atoms with Crippen molar-refractivity contribution in [3.8, 4) is 0 Å². The molecule has 0 spiro atoms. The molecular formula is C9H9BF3-. The van der Waals surface area contributed by atoms with Crippen LogP contribution in [0.4, 0.5) is 12.9 Å². The lowest BCUT2D eigenvalue weighted by atomic mass is 9.81. The maximum absolute atomic E-state index is 12.2. The molecule has 2 unspecified atom stereocenters. The average molecular weight is 185 g/mol. The SMILES string of the molecule is F[B-](F)(F)C1CC1c1ccccc1. The molecule has 1 aromatic carbocycles. The number of halogens is 3. The molecule has 1 aromatic rings. The van der Waals surface area contributed by atoms with Gasteiger partial charge in [0.25, 0.3) is 0 Å². The van der Waals surface area contributed by atoms with Crippen molar-refractivity contribution >= 4 is 6.98 Å². The fourth-order valence-corrected chi connectivity index (χ4v) is 1.72. The van der Waals surface area contributed by atoms with E-state index < -0.39 is 12.8 Å². The second kappa shape index (κ2) is 2.79. The zero-order valence-corrected chi connectivity index (χ0v) is 6.96. The Kier molecular flexibility index (Phi) is 1.86. The first-order valence-electron chi connectivity index (χ1n) is 4.34. The fourth-order valence-electron chi connectivity index (χ4n) is 1.72. The Labute approximate surface area is 74.8 Å². The summed E-state index contributed by atoms with van der Waals surface area (Å²) in [5, 5.41) is 0. The third-order valence-corrected chi connectivity index (χ3v) is 2.55. The molecule has 0 aromatic heterocycles. The van der Waals surface area contributed by atoms with Crippen LogP contribution in [0.5, 0.6) is 0 Å². The Morgan fingerprint density at radius 1 is 1.08 bits per heavy atom. The van der Waals surface area contributed by atoms with E-state index in [9.17, 15) is 12.9 Å². The van der Waals surface area contributed by atoms with Gasteiger partial charge in [0.1, 0.15) is 0 Å². The molecule has 0 amide bonds. The zero-order chi connectivity index (χ0) is 9.47. The molecule has 1 saturated carbocycles. The molecule has 0 radical (unpaired) electrons. The van der Waals surface area contributed by atoms with Crippen LogP contribution >= 0.6 is 0 Å². The number of benzene rings is 1. The third-order valence-electron chi connectivity index (χ3n) is 2.55. The normalized spacial score (nSPS) is 27.3. The summed E-state index contributed by atoms with van der Waals surface area (Å²) in [4.78, 5) is 0. The predicted molar refractivity (Wildman–Crippen MR) is 46.6 cm³/mol. The first-order chi connectivity index (χ1) is 6.09. The molecule has 70 valence electrons. The Morgan fingerprint density at radius 2 is 1.69 bits per heavy atom. The molecule has 0 aliphatic heterocycles. The minimum absolute atomic E-state index is 0.263. The van der Waals surface area contributed by atoms with E-state index in [4.69, 9.17) is 0 Å². The first-order valence-corrected chi connectivity index (χ1v) is 4.34. The topological polar surface area (TPSA) is 0 Å².